The average molecular weight is 255 g/mol. The Bertz CT molecular complexity index is 325. The van der Waals surface area contributed by atoms with Crippen LogP contribution in [-0.4, -0.2) is 13.1 Å². The van der Waals surface area contributed by atoms with Crippen LogP contribution in [0.5, 0.6) is 0 Å². The van der Waals surface area contributed by atoms with Crippen LogP contribution in [0.3, 0.4) is 0 Å². The Labute approximate surface area is 93.0 Å². The molecule has 0 aliphatic carbocycles. The molecule has 1 aliphatic heterocycles. The molecule has 0 radical (unpaired) electrons. The van der Waals surface area contributed by atoms with Crippen LogP contribution in [0.1, 0.15) is 24.3 Å². The third-order valence-corrected chi connectivity index (χ3v) is 3.28. The summed E-state index contributed by atoms with van der Waals surface area (Å²) >= 11 is 3.49. The fourth-order valence-corrected chi connectivity index (χ4v) is 2.37. The number of anilines is 1. The maximum absolute atomic E-state index is 5.79. The summed E-state index contributed by atoms with van der Waals surface area (Å²) in [6.45, 7) is 1.80. The van der Waals surface area contributed by atoms with Gasteiger partial charge in [0.25, 0.3) is 0 Å². The highest BCUT2D eigenvalue weighted by Gasteiger charge is 2.16. The summed E-state index contributed by atoms with van der Waals surface area (Å²) < 4.78 is 1.13. The van der Waals surface area contributed by atoms with Crippen molar-refractivity contribution < 1.29 is 0 Å². The van der Waals surface area contributed by atoms with Crippen LogP contribution >= 0.6 is 15.9 Å². The van der Waals surface area contributed by atoms with Crippen LogP contribution in [0, 0.1) is 0 Å². The Kier molecular flexibility index (Phi) is 3.08. The molecule has 1 aromatic carbocycles. The van der Waals surface area contributed by atoms with E-state index in [-0.39, 0.29) is 0 Å². The van der Waals surface area contributed by atoms with Gasteiger partial charge in [0.2, 0.25) is 0 Å². The van der Waals surface area contributed by atoms with Gasteiger partial charge in [-0.05, 0) is 43.0 Å². The Hall–Kier alpha value is -0.540. The molecule has 3 N–H and O–H groups in total. The molecule has 0 saturated heterocycles. The molecular weight excluding hydrogens is 240 g/mol. The smallest absolute Gasteiger partial charge is 0.0387 e. The van der Waals surface area contributed by atoms with E-state index in [0.29, 0.717) is 5.92 Å². The number of hydrogen-bond donors (Lipinski definition) is 2. The van der Waals surface area contributed by atoms with E-state index in [1.54, 1.807) is 0 Å². The summed E-state index contributed by atoms with van der Waals surface area (Å²) in [5.41, 5.74) is 8.40. The molecule has 3 heteroatoms. The monoisotopic (exact) mass is 254 g/mol. The minimum atomic E-state index is 0.521. The minimum Gasteiger partial charge on any atom is -0.385 e. The zero-order valence-corrected chi connectivity index (χ0v) is 9.68. The average Bonchev–Trinajstić information content (AvgIpc) is 2.38. The minimum absolute atomic E-state index is 0.521. The van der Waals surface area contributed by atoms with Gasteiger partial charge in [0.15, 0.2) is 0 Å². The van der Waals surface area contributed by atoms with Crippen LogP contribution in [0.15, 0.2) is 22.7 Å². The predicted molar refractivity (Wildman–Crippen MR) is 63.7 cm³/mol. The van der Waals surface area contributed by atoms with Gasteiger partial charge in [0, 0.05) is 16.7 Å². The number of nitrogens with one attached hydrogen (secondary N) is 1. The topological polar surface area (TPSA) is 38.0 Å². The quantitative estimate of drug-likeness (QED) is 0.809. The standard InChI is InChI=1S/C11H15BrN2/c12-9-3-4-10-8(7-13)2-1-5-14-11(10)6-9/h3-4,6,8,14H,1-2,5,7,13H2. The number of nitrogens with two attached hydrogens (primary N) is 1. The first kappa shape index (κ1) is 9.99. The second-order valence-electron chi connectivity index (χ2n) is 3.73. The van der Waals surface area contributed by atoms with Gasteiger partial charge < -0.3 is 11.1 Å². The van der Waals surface area contributed by atoms with Crippen LogP contribution in [0.2, 0.25) is 0 Å². The number of benzene rings is 1. The lowest BCUT2D eigenvalue weighted by atomic mass is 9.94. The number of rotatable bonds is 1. The zero-order chi connectivity index (χ0) is 9.97. The largest absolute Gasteiger partial charge is 0.385 e. The van der Waals surface area contributed by atoms with E-state index in [1.807, 2.05) is 0 Å². The molecule has 1 atom stereocenters. The summed E-state index contributed by atoms with van der Waals surface area (Å²) in [6.07, 6.45) is 2.40. The fourth-order valence-electron chi connectivity index (χ4n) is 2.01. The predicted octanol–water partition coefficient (Wildman–Crippen LogP) is 2.70. The van der Waals surface area contributed by atoms with Crippen molar-refractivity contribution in [3.05, 3.63) is 28.2 Å². The molecule has 0 saturated carbocycles. The van der Waals surface area contributed by atoms with Gasteiger partial charge in [-0.25, -0.2) is 0 Å². The summed E-state index contributed by atoms with van der Waals surface area (Å²) in [7, 11) is 0. The Morgan fingerprint density at radius 2 is 2.36 bits per heavy atom. The first-order valence-electron chi connectivity index (χ1n) is 5.04. The Morgan fingerprint density at radius 1 is 1.50 bits per heavy atom. The van der Waals surface area contributed by atoms with Gasteiger partial charge in [0.05, 0.1) is 0 Å². The molecule has 1 unspecified atom stereocenters. The highest BCUT2D eigenvalue weighted by molar-refractivity contribution is 9.10. The van der Waals surface area contributed by atoms with E-state index in [0.717, 1.165) is 17.6 Å². The lowest BCUT2D eigenvalue weighted by Crippen LogP contribution is -2.11. The van der Waals surface area contributed by atoms with Crippen molar-refractivity contribution in [1.29, 1.82) is 0 Å². The second kappa shape index (κ2) is 4.32. The van der Waals surface area contributed by atoms with E-state index in [9.17, 15) is 0 Å². The molecule has 76 valence electrons. The highest BCUT2D eigenvalue weighted by atomic mass is 79.9. The summed E-state index contributed by atoms with van der Waals surface area (Å²) in [4.78, 5) is 0. The molecule has 2 nitrogen and oxygen atoms in total. The van der Waals surface area contributed by atoms with E-state index < -0.39 is 0 Å². The normalized spacial score (nSPS) is 20.9. The lowest BCUT2D eigenvalue weighted by molar-refractivity contribution is 0.626. The first-order chi connectivity index (χ1) is 6.81. The maximum atomic E-state index is 5.79. The highest BCUT2D eigenvalue weighted by Crippen LogP contribution is 2.32. The molecule has 14 heavy (non-hydrogen) atoms. The molecule has 0 fully saturated rings. The zero-order valence-electron chi connectivity index (χ0n) is 8.09. The lowest BCUT2D eigenvalue weighted by Gasteiger charge is -2.15. The maximum Gasteiger partial charge on any atom is 0.0387 e. The molecule has 0 bridgehead atoms. The molecule has 2 rings (SSSR count). The molecule has 0 amide bonds. The third kappa shape index (κ3) is 1.93. The first-order valence-corrected chi connectivity index (χ1v) is 5.84. The number of halogens is 1. The van der Waals surface area contributed by atoms with E-state index in [1.165, 1.54) is 24.1 Å². The third-order valence-electron chi connectivity index (χ3n) is 2.78. The van der Waals surface area contributed by atoms with Crippen molar-refractivity contribution in [3.63, 3.8) is 0 Å². The van der Waals surface area contributed by atoms with Crippen LogP contribution in [0.4, 0.5) is 5.69 Å². The van der Waals surface area contributed by atoms with Crippen molar-refractivity contribution in [2.24, 2.45) is 5.73 Å². The van der Waals surface area contributed by atoms with E-state index >= 15 is 0 Å². The van der Waals surface area contributed by atoms with E-state index in [2.05, 4.69) is 39.4 Å². The van der Waals surface area contributed by atoms with Gasteiger partial charge in [-0.1, -0.05) is 22.0 Å². The molecular formula is C11H15BrN2. The number of hydrogen-bond acceptors (Lipinski definition) is 2. The van der Waals surface area contributed by atoms with Crippen molar-refractivity contribution in [3.8, 4) is 0 Å². The van der Waals surface area contributed by atoms with Gasteiger partial charge in [0.1, 0.15) is 0 Å². The second-order valence-corrected chi connectivity index (χ2v) is 4.65. The summed E-state index contributed by atoms with van der Waals surface area (Å²) in [6, 6.07) is 6.41. The molecule has 1 aliphatic rings. The molecule has 1 heterocycles. The molecule has 0 spiro atoms. The molecule has 0 aromatic heterocycles. The SMILES string of the molecule is NCC1CCCNc2cc(Br)ccc21. The summed E-state index contributed by atoms with van der Waals surface area (Å²) in [5.74, 6) is 0.521. The van der Waals surface area contributed by atoms with E-state index in [4.69, 9.17) is 5.73 Å². The fraction of sp³-hybridized carbons (Fsp3) is 0.455. The summed E-state index contributed by atoms with van der Waals surface area (Å²) in [5, 5.41) is 3.44. The number of fused-ring (bicyclic) bond motifs is 1. The van der Waals surface area contributed by atoms with Crippen LogP contribution < -0.4 is 11.1 Å². The van der Waals surface area contributed by atoms with Crippen LogP contribution in [-0.2, 0) is 0 Å². The van der Waals surface area contributed by atoms with Crippen LogP contribution in [0.25, 0.3) is 0 Å². The van der Waals surface area contributed by atoms with Crippen molar-refractivity contribution in [2.45, 2.75) is 18.8 Å². The van der Waals surface area contributed by atoms with Crippen molar-refractivity contribution in [2.75, 3.05) is 18.4 Å². The Morgan fingerprint density at radius 3 is 3.14 bits per heavy atom. The van der Waals surface area contributed by atoms with Gasteiger partial charge in [-0.15, -0.1) is 0 Å². The van der Waals surface area contributed by atoms with Gasteiger partial charge >= 0.3 is 0 Å². The molecule has 1 aromatic rings. The van der Waals surface area contributed by atoms with Crippen molar-refractivity contribution in [1.82, 2.24) is 0 Å². The van der Waals surface area contributed by atoms with Crippen molar-refractivity contribution >= 4 is 21.6 Å². The van der Waals surface area contributed by atoms with Gasteiger partial charge in [-0.2, -0.15) is 0 Å². The van der Waals surface area contributed by atoms with Gasteiger partial charge in [-0.3, -0.25) is 0 Å². The Balaban J connectivity index is 2.39.